The maximum absolute atomic E-state index is 12.7. The highest BCUT2D eigenvalue weighted by Gasteiger charge is 2.34. The molecule has 1 amide bonds. The van der Waals surface area contributed by atoms with Crippen LogP contribution in [0.25, 0.3) is 0 Å². The molecular weight excluding hydrogens is 306 g/mol. The van der Waals surface area contributed by atoms with Crippen molar-refractivity contribution in [1.82, 2.24) is 20.3 Å². The molecule has 0 aromatic carbocycles. The van der Waals surface area contributed by atoms with E-state index >= 15 is 0 Å². The number of morpholine rings is 1. The number of hydrogen-bond donors (Lipinski definition) is 2. The first kappa shape index (κ1) is 18.6. The first-order valence-electron chi connectivity index (χ1n) is 8.54. The number of aryl methyl sites for hydroxylation is 2. The Morgan fingerprint density at radius 1 is 1.21 bits per heavy atom. The monoisotopic (exact) mass is 335 g/mol. The molecule has 134 valence electrons. The van der Waals surface area contributed by atoms with Gasteiger partial charge in [0, 0.05) is 24.5 Å². The largest absolute Gasteiger partial charge is 0.373 e. The lowest BCUT2D eigenvalue weighted by molar-refractivity contribution is -0.134. The second kappa shape index (κ2) is 7.90. The van der Waals surface area contributed by atoms with E-state index in [9.17, 15) is 4.79 Å². The van der Waals surface area contributed by atoms with Crippen LogP contribution in [0.15, 0.2) is 6.07 Å². The maximum Gasteiger partial charge on any atom is 0.256 e. The highest BCUT2D eigenvalue weighted by molar-refractivity contribution is 5.82. The summed E-state index contributed by atoms with van der Waals surface area (Å²) in [6.07, 6.45) is 0.247. The van der Waals surface area contributed by atoms with Crippen LogP contribution in [0.1, 0.15) is 39.1 Å². The van der Waals surface area contributed by atoms with Crippen LogP contribution in [0, 0.1) is 19.8 Å². The number of ether oxygens (including phenoxy) is 1. The molecule has 0 saturated carbocycles. The zero-order chi connectivity index (χ0) is 17.9. The van der Waals surface area contributed by atoms with Gasteiger partial charge in [-0.25, -0.2) is 9.97 Å². The van der Waals surface area contributed by atoms with Crippen molar-refractivity contribution < 1.29 is 9.53 Å². The SMILES string of the molecule is Cc1cc(C)nc(NNC(=O)C(C(C)C)N2CC(C)OC(C)C2)n1. The number of nitrogens with one attached hydrogen (secondary N) is 2. The minimum Gasteiger partial charge on any atom is -0.373 e. The lowest BCUT2D eigenvalue weighted by Crippen LogP contribution is -2.57. The fourth-order valence-electron chi connectivity index (χ4n) is 3.31. The molecule has 1 saturated heterocycles. The van der Waals surface area contributed by atoms with Crippen molar-refractivity contribution in [3.05, 3.63) is 17.5 Å². The van der Waals surface area contributed by atoms with Gasteiger partial charge in [0.15, 0.2) is 0 Å². The Labute approximate surface area is 144 Å². The van der Waals surface area contributed by atoms with E-state index in [-0.39, 0.29) is 30.1 Å². The molecule has 0 spiro atoms. The molecule has 1 aliphatic rings. The number of carbonyl (C=O) groups excluding carboxylic acids is 1. The Morgan fingerprint density at radius 3 is 2.25 bits per heavy atom. The molecular formula is C17H29N5O2. The van der Waals surface area contributed by atoms with Gasteiger partial charge in [0.2, 0.25) is 5.95 Å². The Kier molecular flexibility index (Phi) is 6.12. The summed E-state index contributed by atoms with van der Waals surface area (Å²) in [4.78, 5) is 23.5. The van der Waals surface area contributed by atoms with E-state index in [4.69, 9.17) is 4.74 Å². The molecule has 1 aromatic heterocycles. The van der Waals surface area contributed by atoms with Crippen molar-refractivity contribution in [3.8, 4) is 0 Å². The lowest BCUT2D eigenvalue weighted by Gasteiger charge is -2.40. The van der Waals surface area contributed by atoms with Gasteiger partial charge in [-0.2, -0.15) is 0 Å². The van der Waals surface area contributed by atoms with Gasteiger partial charge in [-0.05, 0) is 39.7 Å². The second-order valence-electron chi connectivity index (χ2n) is 6.99. The number of nitrogens with zero attached hydrogens (tertiary/aromatic N) is 3. The van der Waals surface area contributed by atoms with Crippen molar-refractivity contribution in [2.24, 2.45) is 5.92 Å². The van der Waals surface area contributed by atoms with Crippen LogP contribution in [0.2, 0.25) is 0 Å². The van der Waals surface area contributed by atoms with Gasteiger partial charge in [0.05, 0.1) is 18.2 Å². The summed E-state index contributed by atoms with van der Waals surface area (Å²) in [5.41, 5.74) is 7.32. The van der Waals surface area contributed by atoms with E-state index in [2.05, 4.69) is 39.6 Å². The van der Waals surface area contributed by atoms with Crippen LogP contribution in [-0.4, -0.2) is 52.1 Å². The predicted molar refractivity (Wildman–Crippen MR) is 93.5 cm³/mol. The van der Waals surface area contributed by atoms with Gasteiger partial charge in [-0.1, -0.05) is 13.8 Å². The predicted octanol–water partition coefficient (Wildman–Crippen LogP) is 1.67. The van der Waals surface area contributed by atoms with E-state index in [1.807, 2.05) is 33.8 Å². The van der Waals surface area contributed by atoms with Crippen molar-refractivity contribution >= 4 is 11.9 Å². The molecule has 1 aromatic rings. The Hall–Kier alpha value is -1.73. The molecule has 2 N–H and O–H groups in total. The van der Waals surface area contributed by atoms with Crippen LogP contribution in [0.4, 0.5) is 5.95 Å². The summed E-state index contributed by atoms with van der Waals surface area (Å²) >= 11 is 0. The van der Waals surface area contributed by atoms with Gasteiger partial charge in [0.1, 0.15) is 0 Å². The molecule has 0 aliphatic carbocycles. The van der Waals surface area contributed by atoms with E-state index in [0.717, 1.165) is 24.5 Å². The zero-order valence-electron chi connectivity index (χ0n) is 15.5. The molecule has 0 radical (unpaired) electrons. The Balaban J connectivity index is 2.03. The third-order valence-corrected chi connectivity index (χ3v) is 4.02. The average Bonchev–Trinajstić information content (AvgIpc) is 2.42. The first-order chi connectivity index (χ1) is 11.3. The minimum atomic E-state index is -0.225. The summed E-state index contributed by atoms with van der Waals surface area (Å²) in [7, 11) is 0. The molecule has 3 atom stereocenters. The molecule has 7 nitrogen and oxygen atoms in total. The Bertz CT molecular complexity index is 548. The summed E-state index contributed by atoms with van der Waals surface area (Å²) in [5, 5.41) is 0. The van der Waals surface area contributed by atoms with Crippen LogP contribution >= 0.6 is 0 Å². The molecule has 2 heterocycles. The molecule has 1 fully saturated rings. The Morgan fingerprint density at radius 2 is 1.75 bits per heavy atom. The van der Waals surface area contributed by atoms with E-state index in [1.54, 1.807) is 0 Å². The highest BCUT2D eigenvalue weighted by atomic mass is 16.5. The minimum absolute atomic E-state index is 0.0749. The molecule has 1 aliphatic heterocycles. The van der Waals surface area contributed by atoms with Gasteiger partial charge < -0.3 is 4.74 Å². The number of rotatable bonds is 5. The van der Waals surface area contributed by atoms with Gasteiger partial charge >= 0.3 is 0 Å². The van der Waals surface area contributed by atoms with Crippen molar-refractivity contribution in [1.29, 1.82) is 0 Å². The topological polar surface area (TPSA) is 79.4 Å². The summed E-state index contributed by atoms with van der Waals surface area (Å²) in [5.74, 6) is 0.519. The number of aromatic nitrogens is 2. The number of hydrogen-bond acceptors (Lipinski definition) is 6. The highest BCUT2D eigenvalue weighted by Crippen LogP contribution is 2.18. The molecule has 7 heteroatoms. The summed E-state index contributed by atoms with van der Waals surface area (Å²) < 4.78 is 5.77. The van der Waals surface area contributed by atoms with Gasteiger partial charge in [-0.3, -0.25) is 20.5 Å². The van der Waals surface area contributed by atoms with Crippen LogP contribution in [0.5, 0.6) is 0 Å². The molecule has 2 rings (SSSR count). The number of amides is 1. The van der Waals surface area contributed by atoms with E-state index in [1.165, 1.54) is 0 Å². The third-order valence-electron chi connectivity index (χ3n) is 4.02. The zero-order valence-corrected chi connectivity index (χ0v) is 15.5. The van der Waals surface area contributed by atoms with E-state index < -0.39 is 0 Å². The summed E-state index contributed by atoms with van der Waals surface area (Å²) in [6.45, 7) is 13.5. The second-order valence-corrected chi connectivity index (χ2v) is 6.99. The molecule has 24 heavy (non-hydrogen) atoms. The van der Waals surface area contributed by atoms with Crippen LogP contribution < -0.4 is 10.9 Å². The van der Waals surface area contributed by atoms with Gasteiger partial charge in [-0.15, -0.1) is 0 Å². The average molecular weight is 335 g/mol. The molecule has 3 unspecified atom stereocenters. The fraction of sp³-hybridized carbons (Fsp3) is 0.706. The fourth-order valence-corrected chi connectivity index (χ4v) is 3.31. The van der Waals surface area contributed by atoms with Crippen LogP contribution in [-0.2, 0) is 9.53 Å². The van der Waals surface area contributed by atoms with Crippen LogP contribution in [0.3, 0.4) is 0 Å². The quantitative estimate of drug-likeness (QED) is 0.797. The normalized spacial score (nSPS) is 23.1. The lowest BCUT2D eigenvalue weighted by atomic mass is 10.00. The molecule has 0 bridgehead atoms. The third kappa shape index (κ3) is 4.88. The first-order valence-corrected chi connectivity index (χ1v) is 8.54. The van der Waals surface area contributed by atoms with Crippen molar-refractivity contribution in [2.45, 2.75) is 59.8 Å². The maximum atomic E-state index is 12.7. The standard InChI is InChI=1S/C17H29N5O2/c1-10(2)15(22-8-13(5)24-14(6)9-22)16(23)20-21-17-18-11(3)7-12(4)19-17/h7,10,13-15H,8-9H2,1-6H3,(H,20,23)(H,18,19,21). The number of hydrazine groups is 1. The smallest absolute Gasteiger partial charge is 0.256 e. The van der Waals surface area contributed by atoms with Crippen molar-refractivity contribution in [2.75, 3.05) is 18.5 Å². The summed E-state index contributed by atoms with van der Waals surface area (Å²) in [6, 6.07) is 1.66. The van der Waals surface area contributed by atoms with Gasteiger partial charge in [0.25, 0.3) is 5.91 Å². The van der Waals surface area contributed by atoms with E-state index in [0.29, 0.717) is 5.95 Å². The van der Waals surface area contributed by atoms with Crippen molar-refractivity contribution in [3.63, 3.8) is 0 Å². The number of carbonyl (C=O) groups is 1. The number of anilines is 1.